The SMILES string of the molecule is C/C=C/COCCC(=O)ON1C(=O)CCC1=O. The summed E-state index contributed by atoms with van der Waals surface area (Å²) in [5, 5.41) is 0.536. The Morgan fingerprint density at radius 1 is 1.35 bits per heavy atom. The summed E-state index contributed by atoms with van der Waals surface area (Å²) in [6, 6.07) is 0. The van der Waals surface area contributed by atoms with Gasteiger partial charge in [-0.05, 0) is 6.92 Å². The Balaban J connectivity index is 2.20. The number of hydroxylamine groups is 2. The van der Waals surface area contributed by atoms with Crippen molar-refractivity contribution in [3.63, 3.8) is 0 Å². The van der Waals surface area contributed by atoms with E-state index in [1.165, 1.54) is 0 Å². The van der Waals surface area contributed by atoms with Gasteiger partial charge in [0.05, 0.1) is 19.6 Å². The number of rotatable bonds is 6. The van der Waals surface area contributed by atoms with Crippen LogP contribution in [0.15, 0.2) is 12.2 Å². The average molecular weight is 241 g/mol. The Kier molecular flexibility index (Phi) is 5.35. The molecule has 6 nitrogen and oxygen atoms in total. The van der Waals surface area contributed by atoms with E-state index < -0.39 is 17.8 Å². The first-order chi connectivity index (χ1) is 8.15. The van der Waals surface area contributed by atoms with E-state index in [1.807, 2.05) is 13.0 Å². The fourth-order valence-electron chi connectivity index (χ4n) is 1.21. The first-order valence-corrected chi connectivity index (χ1v) is 5.40. The van der Waals surface area contributed by atoms with Gasteiger partial charge < -0.3 is 9.57 Å². The van der Waals surface area contributed by atoms with Gasteiger partial charge in [-0.2, -0.15) is 0 Å². The molecule has 17 heavy (non-hydrogen) atoms. The number of amides is 2. The first kappa shape index (κ1) is 13.4. The topological polar surface area (TPSA) is 72.9 Å². The summed E-state index contributed by atoms with van der Waals surface area (Å²) in [5.74, 6) is -1.59. The number of nitrogens with zero attached hydrogens (tertiary/aromatic N) is 1. The van der Waals surface area contributed by atoms with Crippen LogP contribution >= 0.6 is 0 Å². The van der Waals surface area contributed by atoms with E-state index in [2.05, 4.69) is 4.84 Å². The van der Waals surface area contributed by atoms with Crippen LogP contribution in [0.3, 0.4) is 0 Å². The number of hydrogen-bond donors (Lipinski definition) is 0. The maximum absolute atomic E-state index is 11.3. The van der Waals surface area contributed by atoms with Gasteiger partial charge in [0, 0.05) is 12.8 Å². The number of carbonyl (C=O) groups is 3. The Labute approximate surface area is 99.1 Å². The number of imide groups is 1. The second-order valence-corrected chi connectivity index (χ2v) is 3.44. The molecule has 0 N–H and O–H groups in total. The van der Waals surface area contributed by atoms with Gasteiger partial charge in [0.2, 0.25) is 0 Å². The molecule has 1 fully saturated rings. The lowest BCUT2D eigenvalue weighted by Crippen LogP contribution is -2.32. The second kappa shape index (κ2) is 6.80. The molecule has 94 valence electrons. The quantitative estimate of drug-likeness (QED) is 0.386. The Bertz CT molecular complexity index is 321. The van der Waals surface area contributed by atoms with Crippen LogP contribution in [0.1, 0.15) is 26.2 Å². The van der Waals surface area contributed by atoms with E-state index >= 15 is 0 Å². The van der Waals surface area contributed by atoms with Crippen LogP contribution in [0.4, 0.5) is 0 Å². The number of hydrogen-bond acceptors (Lipinski definition) is 5. The third-order valence-electron chi connectivity index (χ3n) is 2.10. The monoisotopic (exact) mass is 241 g/mol. The Morgan fingerprint density at radius 2 is 2.00 bits per heavy atom. The molecular weight excluding hydrogens is 226 g/mol. The van der Waals surface area contributed by atoms with Crippen LogP contribution in [0.2, 0.25) is 0 Å². The van der Waals surface area contributed by atoms with Gasteiger partial charge in [-0.3, -0.25) is 9.59 Å². The molecule has 0 bridgehead atoms. The van der Waals surface area contributed by atoms with E-state index in [-0.39, 0.29) is 25.9 Å². The molecule has 0 aromatic carbocycles. The molecule has 0 unspecified atom stereocenters. The number of allylic oxidation sites excluding steroid dienone is 1. The molecule has 0 atom stereocenters. The average Bonchev–Trinajstić information content (AvgIpc) is 2.60. The second-order valence-electron chi connectivity index (χ2n) is 3.44. The van der Waals surface area contributed by atoms with Crippen molar-refractivity contribution >= 4 is 17.8 Å². The fraction of sp³-hybridized carbons (Fsp3) is 0.545. The van der Waals surface area contributed by atoms with Gasteiger partial charge in [-0.15, -0.1) is 5.06 Å². The van der Waals surface area contributed by atoms with E-state index in [9.17, 15) is 14.4 Å². The van der Waals surface area contributed by atoms with Crippen molar-refractivity contribution in [1.29, 1.82) is 0 Å². The van der Waals surface area contributed by atoms with Gasteiger partial charge >= 0.3 is 5.97 Å². The minimum absolute atomic E-state index is 0.00855. The molecule has 0 saturated carbocycles. The lowest BCUT2D eigenvalue weighted by Gasteiger charge is -2.12. The number of ether oxygens (including phenoxy) is 1. The first-order valence-electron chi connectivity index (χ1n) is 5.40. The van der Waals surface area contributed by atoms with Gasteiger partial charge in [-0.25, -0.2) is 4.79 Å². The van der Waals surface area contributed by atoms with Gasteiger partial charge in [0.25, 0.3) is 11.8 Å². The van der Waals surface area contributed by atoms with Crippen molar-refractivity contribution < 1.29 is 24.0 Å². The van der Waals surface area contributed by atoms with Crippen LogP contribution in [-0.2, 0) is 24.0 Å². The van der Waals surface area contributed by atoms with E-state index in [0.29, 0.717) is 11.7 Å². The lowest BCUT2D eigenvalue weighted by atomic mass is 10.4. The summed E-state index contributed by atoms with van der Waals surface area (Å²) in [4.78, 5) is 38.1. The third-order valence-corrected chi connectivity index (χ3v) is 2.10. The highest BCUT2D eigenvalue weighted by Gasteiger charge is 2.32. The van der Waals surface area contributed by atoms with E-state index in [1.54, 1.807) is 6.08 Å². The molecule has 1 saturated heterocycles. The van der Waals surface area contributed by atoms with Crippen LogP contribution in [0.5, 0.6) is 0 Å². The summed E-state index contributed by atoms with van der Waals surface area (Å²) in [7, 11) is 0. The van der Waals surface area contributed by atoms with Crippen LogP contribution in [0, 0.1) is 0 Å². The van der Waals surface area contributed by atoms with Crippen molar-refractivity contribution in [2.45, 2.75) is 26.2 Å². The molecule has 0 aromatic heterocycles. The van der Waals surface area contributed by atoms with E-state index in [0.717, 1.165) is 0 Å². The highest BCUT2D eigenvalue weighted by atomic mass is 16.7. The standard InChI is InChI=1S/C11H15NO5/c1-2-3-7-16-8-6-11(15)17-12-9(13)4-5-10(12)14/h2-3H,4-8H2,1H3/b3-2+. The normalized spacial score (nSPS) is 15.9. The molecular formula is C11H15NO5. The maximum Gasteiger partial charge on any atom is 0.335 e. The zero-order chi connectivity index (χ0) is 12.7. The Morgan fingerprint density at radius 3 is 2.59 bits per heavy atom. The maximum atomic E-state index is 11.3. The summed E-state index contributed by atoms with van der Waals surface area (Å²) >= 11 is 0. The molecule has 0 spiro atoms. The van der Waals surface area contributed by atoms with Crippen molar-refractivity contribution in [3.05, 3.63) is 12.2 Å². The minimum Gasteiger partial charge on any atom is -0.377 e. The van der Waals surface area contributed by atoms with Crippen LogP contribution < -0.4 is 0 Å². The highest BCUT2D eigenvalue weighted by Crippen LogP contribution is 2.12. The molecule has 1 aliphatic rings. The van der Waals surface area contributed by atoms with E-state index in [4.69, 9.17) is 4.74 Å². The molecule has 2 amide bonds. The molecule has 1 aliphatic heterocycles. The molecule has 1 heterocycles. The molecule has 0 radical (unpaired) electrons. The third kappa shape index (κ3) is 4.36. The smallest absolute Gasteiger partial charge is 0.335 e. The molecule has 1 rings (SSSR count). The molecule has 6 heteroatoms. The molecule has 0 aliphatic carbocycles. The molecule has 0 aromatic rings. The zero-order valence-corrected chi connectivity index (χ0v) is 9.68. The predicted octanol–water partition coefficient (Wildman–Crippen LogP) is 0.576. The summed E-state index contributed by atoms with van der Waals surface area (Å²) < 4.78 is 5.09. The van der Waals surface area contributed by atoms with Crippen molar-refractivity contribution in [1.82, 2.24) is 5.06 Å². The van der Waals surface area contributed by atoms with Crippen LogP contribution in [-0.4, -0.2) is 36.1 Å². The number of carbonyl (C=O) groups excluding carboxylic acids is 3. The highest BCUT2D eigenvalue weighted by molar-refractivity contribution is 6.01. The van der Waals surface area contributed by atoms with Crippen molar-refractivity contribution in [2.75, 3.05) is 13.2 Å². The Hall–Kier alpha value is -1.69. The lowest BCUT2D eigenvalue weighted by molar-refractivity contribution is -0.198. The largest absolute Gasteiger partial charge is 0.377 e. The summed E-state index contributed by atoms with van der Waals surface area (Å²) in [5.41, 5.74) is 0. The van der Waals surface area contributed by atoms with Gasteiger partial charge in [-0.1, -0.05) is 12.2 Å². The fourth-order valence-corrected chi connectivity index (χ4v) is 1.21. The van der Waals surface area contributed by atoms with Crippen molar-refractivity contribution in [3.8, 4) is 0 Å². The summed E-state index contributed by atoms with van der Waals surface area (Å²) in [6.45, 7) is 2.48. The van der Waals surface area contributed by atoms with Gasteiger partial charge in [0.1, 0.15) is 0 Å². The van der Waals surface area contributed by atoms with Crippen LogP contribution in [0.25, 0.3) is 0 Å². The van der Waals surface area contributed by atoms with Crippen molar-refractivity contribution in [2.24, 2.45) is 0 Å². The summed E-state index contributed by atoms with van der Waals surface area (Å²) in [6.07, 6.45) is 3.85. The predicted molar refractivity (Wildman–Crippen MR) is 57.4 cm³/mol. The minimum atomic E-state index is -0.644. The zero-order valence-electron chi connectivity index (χ0n) is 9.68. The van der Waals surface area contributed by atoms with Gasteiger partial charge in [0.15, 0.2) is 0 Å².